The summed E-state index contributed by atoms with van der Waals surface area (Å²) in [7, 11) is 0. The van der Waals surface area contributed by atoms with Gasteiger partial charge in [-0.2, -0.15) is 0 Å². The van der Waals surface area contributed by atoms with E-state index in [9.17, 15) is 4.39 Å². The van der Waals surface area contributed by atoms with Crippen molar-refractivity contribution in [2.45, 2.75) is 6.92 Å². The Morgan fingerprint density at radius 1 is 1.31 bits per heavy atom. The third-order valence-corrected chi connectivity index (χ3v) is 2.23. The van der Waals surface area contributed by atoms with Crippen LogP contribution in [0.3, 0.4) is 0 Å². The van der Waals surface area contributed by atoms with Crippen LogP contribution in [0.5, 0.6) is 0 Å². The van der Waals surface area contributed by atoms with Gasteiger partial charge in [0.1, 0.15) is 11.6 Å². The number of nitrogen functional groups attached to an aromatic ring is 1. The van der Waals surface area contributed by atoms with Crippen LogP contribution in [-0.4, -0.2) is 9.97 Å². The lowest BCUT2D eigenvalue weighted by Crippen LogP contribution is -2.09. The molecule has 0 spiro atoms. The molecule has 0 fully saturated rings. The van der Waals surface area contributed by atoms with Crippen LogP contribution in [0.1, 0.15) is 5.56 Å². The number of benzene rings is 1. The Labute approximate surface area is 92.3 Å². The Bertz CT molecular complexity index is 513. The van der Waals surface area contributed by atoms with E-state index in [0.717, 1.165) is 0 Å². The summed E-state index contributed by atoms with van der Waals surface area (Å²) < 4.78 is 13.4. The molecule has 0 atom stereocenters. The molecule has 0 radical (unpaired) electrons. The van der Waals surface area contributed by atoms with Crippen LogP contribution in [0.25, 0.3) is 11.4 Å². The fraction of sp³-hybridized carbons (Fsp3) is 0.0909. The summed E-state index contributed by atoms with van der Waals surface area (Å²) in [5, 5.41) is 0. The van der Waals surface area contributed by atoms with Gasteiger partial charge in [0.05, 0.1) is 0 Å². The van der Waals surface area contributed by atoms with Gasteiger partial charge in [0.25, 0.3) is 0 Å². The second-order valence-electron chi connectivity index (χ2n) is 3.37. The fourth-order valence-corrected chi connectivity index (χ4v) is 1.31. The molecule has 0 amide bonds. The number of hydrogen-bond donors (Lipinski definition) is 2. The van der Waals surface area contributed by atoms with E-state index in [1.807, 2.05) is 0 Å². The van der Waals surface area contributed by atoms with Crippen LogP contribution in [0.2, 0.25) is 0 Å². The minimum atomic E-state index is -0.271. The summed E-state index contributed by atoms with van der Waals surface area (Å²) in [5.74, 6) is 5.90. The first-order valence-electron chi connectivity index (χ1n) is 4.77. The Morgan fingerprint density at radius 2 is 2.12 bits per heavy atom. The van der Waals surface area contributed by atoms with Gasteiger partial charge in [0.2, 0.25) is 0 Å². The van der Waals surface area contributed by atoms with E-state index in [0.29, 0.717) is 22.8 Å². The van der Waals surface area contributed by atoms with Gasteiger partial charge in [-0.05, 0) is 18.6 Å². The Hall–Kier alpha value is -2.01. The number of nitrogens with two attached hydrogens (primary N) is 1. The Balaban J connectivity index is 2.46. The SMILES string of the molecule is Cc1ccc(-c2nccc(NN)n2)cc1F. The van der Waals surface area contributed by atoms with Crippen LogP contribution in [0, 0.1) is 12.7 Å². The molecule has 2 rings (SSSR count). The highest BCUT2D eigenvalue weighted by molar-refractivity contribution is 5.57. The second kappa shape index (κ2) is 4.24. The summed E-state index contributed by atoms with van der Waals surface area (Å²) in [6, 6.07) is 6.50. The molecule has 1 aromatic carbocycles. The van der Waals surface area contributed by atoms with Crippen LogP contribution in [-0.2, 0) is 0 Å². The highest BCUT2D eigenvalue weighted by atomic mass is 19.1. The van der Waals surface area contributed by atoms with Gasteiger partial charge in [-0.25, -0.2) is 20.2 Å². The van der Waals surface area contributed by atoms with E-state index in [4.69, 9.17) is 5.84 Å². The van der Waals surface area contributed by atoms with E-state index < -0.39 is 0 Å². The van der Waals surface area contributed by atoms with Gasteiger partial charge in [0.15, 0.2) is 5.82 Å². The molecule has 16 heavy (non-hydrogen) atoms. The topological polar surface area (TPSA) is 63.8 Å². The average molecular weight is 218 g/mol. The summed E-state index contributed by atoms with van der Waals surface area (Å²) in [6.07, 6.45) is 1.56. The zero-order valence-corrected chi connectivity index (χ0v) is 8.74. The first-order valence-corrected chi connectivity index (χ1v) is 4.77. The van der Waals surface area contributed by atoms with Gasteiger partial charge in [-0.15, -0.1) is 0 Å². The molecule has 1 aromatic heterocycles. The van der Waals surface area contributed by atoms with Gasteiger partial charge in [-0.1, -0.05) is 12.1 Å². The molecule has 0 saturated carbocycles. The molecule has 0 aliphatic rings. The molecule has 0 unspecified atom stereocenters. The minimum Gasteiger partial charge on any atom is -0.308 e. The number of rotatable bonds is 2. The first kappa shape index (κ1) is 10.5. The molecular weight excluding hydrogens is 207 g/mol. The van der Waals surface area contributed by atoms with Crippen molar-refractivity contribution in [3.63, 3.8) is 0 Å². The first-order chi connectivity index (χ1) is 7.70. The lowest BCUT2D eigenvalue weighted by Gasteiger charge is -2.04. The maximum atomic E-state index is 13.4. The van der Waals surface area contributed by atoms with Crippen LogP contribution >= 0.6 is 0 Å². The standard InChI is InChI=1S/C11H11FN4/c1-7-2-3-8(6-9(7)12)11-14-5-4-10(15-11)16-13/h2-6H,13H2,1H3,(H,14,15,16). The summed E-state index contributed by atoms with van der Waals surface area (Å²) in [5.41, 5.74) is 3.64. The van der Waals surface area contributed by atoms with Crippen molar-refractivity contribution in [1.29, 1.82) is 0 Å². The van der Waals surface area contributed by atoms with Crippen molar-refractivity contribution in [2.24, 2.45) is 5.84 Å². The largest absolute Gasteiger partial charge is 0.308 e. The molecule has 1 heterocycles. The number of nitrogens with one attached hydrogen (secondary N) is 1. The maximum absolute atomic E-state index is 13.4. The smallest absolute Gasteiger partial charge is 0.161 e. The summed E-state index contributed by atoms with van der Waals surface area (Å²) >= 11 is 0. The van der Waals surface area contributed by atoms with Crippen molar-refractivity contribution in [3.05, 3.63) is 41.8 Å². The number of hydrogen-bond acceptors (Lipinski definition) is 4. The third-order valence-electron chi connectivity index (χ3n) is 2.23. The van der Waals surface area contributed by atoms with Crippen molar-refractivity contribution >= 4 is 5.82 Å². The lowest BCUT2D eigenvalue weighted by molar-refractivity contribution is 0.619. The lowest BCUT2D eigenvalue weighted by atomic mass is 10.1. The maximum Gasteiger partial charge on any atom is 0.161 e. The molecule has 0 aliphatic carbocycles. The number of aromatic nitrogens is 2. The zero-order valence-electron chi connectivity index (χ0n) is 8.74. The predicted molar refractivity (Wildman–Crippen MR) is 60.0 cm³/mol. The van der Waals surface area contributed by atoms with Crippen LogP contribution < -0.4 is 11.3 Å². The Morgan fingerprint density at radius 3 is 2.81 bits per heavy atom. The van der Waals surface area contributed by atoms with E-state index in [2.05, 4.69) is 15.4 Å². The fourth-order valence-electron chi connectivity index (χ4n) is 1.31. The number of nitrogens with zero attached hydrogens (tertiary/aromatic N) is 2. The number of aryl methyl sites for hydroxylation is 1. The zero-order chi connectivity index (χ0) is 11.5. The summed E-state index contributed by atoms with van der Waals surface area (Å²) in [4.78, 5) is 8.17. The third kappa shape index (κ3) is 1.99. The number of anilines is 1. The highest BCUT2D eigenvalue weighted by Gasteiger charge is 2.05. The summed E-state index contributed by atoms with van der Waals surface area (Å²) in [6.45, 7) is 1.71. The normalized spacial score (nSPS) is 10.2. The van der Waals surface area contributed by atoms with E-state index >= 15 is 0 Å². The highest BCUT2D eigenvalue weighted by Crippen LogP contribution is 2.18. The van der Waals surface area contributed by atoms with Crippen molar-refractivity contribution in [2.75, 3.05) is 5.43 Å². The van der Waals surface area contributed by atoms with E-state index in [-0.39, 0.29) is 5.82 Å². The number of halogens is 1. The van der Waals surface area contributed by atoms with Crippen molar-refractivity contribution in [3.8, 4) is 11.4 Å². The van der Waals surface area contributed by atoms with Crippen molar-refractivity contribution < 1.29 is 4.39 Å². The molecule has 3 N–H and O–H groups in total. The van der Waals surface area contributed by atoms with Gasteiger partial charge in [-0.3, -0.25) is 0 Å². The van der Waals surface area contributed by atoms with Gasteiger partial charge in [0, 0.05) is 17.8 Å². The minimum absolute atomic E-state index is 0.271. The molecule has 4 nitrogen and oxygen atoms in total. The monoisotopic (exact) mass is 218 g/mol. The predicted octanol–water partition coefficient (Wildman–Crippen LogP) is 1.88. The molecule has 2 aromatic rings. The Kier molecular flexibility index (Phi) is 2.78. The molecule has 82 valence electrons. The molecule has 0 saturated heterocycles. The van der Waals surface area contributed by atoms with Crippen LogP contribution in [0.4, 0.5) is 10.2 Å². The van der Waals surface area contributed by atoms with Gasteiger partial charge >= 0.3 is 0 Å². The molecular formula is C11H11FN4. The number of hydrazine groups is 1. The van der Waals surface area contributed by atoms with Crippen LogP contribution in [0.15, 0.2) is 30.5 Å². The quantitative estimate of drug-likeness (QED) is 0.596. The molecule has 0 bridgehead atoms. The van der Waals surface area contributed by atoms with Crippen molar-refractivity contribution in [1.82, 2.24) is 9.97 Å². The molecule has 5 heteroatoms. The average Bonchev–Trinajstić information content (AvgIpc) is 2.33. The molecule has 0 aliphatic heterocycles. The van der Waals surface area contributed by atoms with E-state index in [1.54, 1.807) is 31.3 Å². The van der Waals surface area contributed by atoms with E-state index in [1.165, 1.54) is 6.07 Å². The second-order valence-corrected chi connectivity index (χ2v) is 3.37. The van der Waals surface area contributed by atoms with Gasteiger partial charge < -0.3 is 5.43 Å².